The van der Waals surface area contributed by atoms with Crippen LogP contribution in [0.1, 0.15) is 18.5 Å². The van der Waals surface area contributed by atoms with E-state index in [0.717, 1.165) is 31.6 Å². The Kier molecular flexibility index (Phi) is 4.20. The number of piperidine rings is 1. The number of likely N-dealkylation sites (tertiary alicyclic amines) is 1. The maximum absolute atomic E-state index is 13.2. The number of halogens is 1. The van der Waals surface area contributed by atoms with Crippen LogP contribution in [0, 0.1) is 11.7 Å². The SMILES string of the molecule is NC(=O)C1CCN(Cc2coc(-c3cccc(F)c3)n2)CC1. The summed E-state index contributed by atoms with van der Waals surface area (Å²) in [5.74, 6) is -0.127. The Hall–Kier alpha value is -2.21. The van der Waals surface area contributed by atoms with Crippen LogP contribution in [-0.4, -0.2) is 28.9 Å². The van der Waals surface area contributed by atoms with E-state index in [9.17, 15) is 9.18 Å². The van der Waals surface area contributed by atoms with Crippen molar-refractivity contribution in [1.82, 2.24) is 9.88 Å². The van der Waals surface area contributed by atoms with Gasteiger partial charge in [0, 0.05) is 18.0 Å². The molecule has 1 saturated heterocycles. The zero-order valence-corrected chi connectivity index (χ0v) is 12.2. The Morgan fingerprint density at radius 3 is 2.86 bits per heavy atom. The third kappa shape index (κ3) is 3.33. The predicted octanol–water partition coefficient (Wildman–Crippen LogP) is 2.18. The molecule has 6 heteroatoms. The topological polar surface area (TPSA) is 72.4 Å². The van der Waals surface area contributed by atoms with Crippen molar-refractivity contribution in [3.05, 3.63) is 42.0 Å². The smallest absolute Gasteiger partial charge is 0.226 e. The van der Waals surface area contributed by atoms with Crippen LogP contribution in [0.2, 0.25) is 0 Å². The summed E-state index contributed by atoms with van der Waals surface area (Å²) in [6.45, 7) is 2.29. The van der Waals surface area contributed by atoms with Gasteiger partial charge in [0.05, 0.1) is 5.69 Å². The number of rotatable bonds is 4. The molecule has 0 aliphatic carbocycles. The lowest BCUT2D eigenvalue weighted by Crippen LogP contribution is -2.38. The Balaban J connectivity index is 1.62. The van der Waals surface area contributed by atoms with Crippen molar-refractivity contribution < 1.29 is 13.6 Å². The van der Waals surface area contributed by atoms with Crippen molar-refractivity contribution in [2.24, 2.45) is 11.7 Å². The van der Waals surface area contributed by atoms with Crippen molar-refractivity contribution in [2.45, 2.75) is 19.4 Å². The third-order valence-electron chi connectivity index (χ3n) is 4.00. The maximum atomic E-state index is 13.2. The maximum Gasteiger partial charge on any atom is 0.226 e. The molecule has 0 saturated carbocycles. The van der Waals surface area contributed by atoms with Crippen molar-refractivity contribution in [3.63, 3.8) is 0 Å². The highest BCUT2D eigenvalue weighted by molar-refractivity contribution is 5.76. The molecule has 0 unspecified atom stereocenters. The molecular formula is C16H18FN3O2. The van der Waals surface area contributed by atoms with Crippen LogP contribution >= 0.6 is 0 Å². The Labute approximate surface area is 127 Å². The first kappa shape index (κ1) is 14.7. The number of oxazole rings is 1. The van der Waals surface area contributed by atoms with Gasteiger partial charge in [-0.15, -0.1) is 0 Å². The first-order chi connectivity index (χ1) is 10.6. The zero-order valence-electron chi connectivity index (χ0n) is 12.2. The van der Waals surface area contributed by atoms with Gasteiger partial charge >= 0.3 is 0 Å². The van der Waals surface area contributed by atoms with Gasteiger partial charge in [-0.25, -0.2) is 9.37 Å². The molecule has 1 aliphatic rings. The standard InChI is InChI=1S/C16H18FN3O2/c17-13-3-1-2-12(8-13)16-19-14(10-22-16)9-20-6-4-11(5-7-20)15(18)21/h1-3,8,10-11H,4-7,9H2,(H2,18,21). The molecule has 1 aliphatic heterocycles. The first-order valence-corrected chi connectivity index (χ1v) is 7.34. The molecule has 1 aromatic heterocycles. The Morgan fingerprint density at radius 1 is 1.41 bits per heavy atom. The van der Waals surface area contributed by atoms with E-state index in [-0.39, 0.29) is 17.6 Å². The minimum atomic E-state index is -0.314. The molecule has 22 heavy (non-hydrogen) atoms. The van der Waals surface area contributed by atoms with E-state index in [0.29, 0.717) is 18.0 Å². The lowest BCUT2D eigenvalue weighted by atomic mass is 9.96. The highest BCUT2D eigenvalue weighted by atomic mass is 19.1. The van der Waals surface area contributed by atoms with E-state index in [4.69, 9.17) is 10.2 Å². The largest absolute Gasteiger partial charge is 0.444 e. The molecule has 1 fully saturated rings. The average Bonchev–Trinajstić information content (AvgIpc) is 2.96. The fourth-order valence-corrected chi connectivity index (χ4v) is 2.74. The minimum Gasteiger partial charge on any atom is -0.444 e. The molecule has 0 atom stereocenters. The summed E-state index contributed by atoms with van der Waals surface area (Å²) in [5, 5.41) is 0. The number of carbonyl (C=O) groups excluding carboxylic acids is 1. The molecule has 2 heterocycles. The van der Waals surface area contributed by atoms with Gasteiger partial charge in [0.2, 0.25) is 11.8 Å². The number of benzene rings is 1. The van der Waals surface area contributed by atoms with E-state index < -0.39 is 0 Å². The monoisotopic (exact) mass is 303 g/mol. The van der Waals surface area contributed by atoms with Gasteiger partial charge in [-0.05, 0) is 44.1 Å². The van der Waals surface area contributed by atoms with Crippen LogP contribution in [0.5, 0.6) is 0 Å². The molecule has 0 spiro atoms. The molecule has 1 amide bonds. The second-order valence-electron chi connectivity index (χ2n) is 5.61. The molecule has 3 rings (SSSR count). The van der Waals surface area contributed by atoms with Crippen LogP contribution < -0.4 is 5.73 Å². The van der Waals surface area contributed by atoms with Gasteiger partial charge in [0.25, 0.3) is 0 Å². The van der Waals surface area contributed by atoms with Crippen molar-refractivity contribution >= 4 is 5.91 Å². The number of aromatic nitrogens is 1. The van der Waals surface area contributed by atoms with Crippen LogP contribution in [0.15, 0.2) is 34.9 Å². The summed E-state index contributed by atoms with van der Waals surface area (Å²) >= 11 is 0. The summed E-state index contributed by atoms with van der Waals surface area (Å²) < 4.78 is 18.6. The summed E-state index contributed by atoms with van der Waals surface area (Å²) in [4.78, 5) is 17.8. The number of hydrogen-bond acceptors (Lipinski definition) is 4. The van der Waals surface area contributed by atoms with Gasteiger partial charge in [0.1, 0.15) is 12.1 Å². The zero-order chi connectivity index (χ0) is 15.5. The van der Waals surface area contributed by atoms with Crippen LogP contribution in [0.25, 0.3) is 11.5 Å². The van der Waals surface area contributed by atoms with Crippen LogP contribution in [0.4, 0.5) is 4.39 Å². The summed E-state index contributed by atoms with van der Waals surface area (Å²) in [7, 11) is 0. The lowest BCUT2D eigenvalue weighted by molar-refractivity contribution is -0.123. The van der Waals surface area contributed by atoms with E-state index in [1.807, 2.05) is 0 Å². The Morgan fingerprint density at radius 2 is 2.18 bits per heavy atom. The lowest BCUT2D eigenvalue weighted by Gasteiger charge is -2.29. The highest BCUT2D eigenvalue weighted by Crippen LogP contribution is 2.22. The second kappa shape index (κ2) is 6.27. The molecule has 2 N–H and O–H groups in total. The number of primary amides is 1. The third-order valence-corrected chi connectivity index (χ3v) is 4.00. The number of nitrogens with two attached hydrogens (primary N) is 1. The molecule has 116 valence electrons. The second-order valence-corrected chi connectivity index (χ2v) is 5.61. The Bertz CT molecular complexity index is 663. The average molecular weight is 303 g/mol. The molecule has 1 aromatic carbocycles. The molecule has 5 nitrogen and oxygen atoms in total. The van der Waals surface area contributed by atoms with E-state index >= 15 is 0 Å². The van der Waals surface area contributed by atoms with Gasteiger partial charge in [-0.3, -0.25) is 9.69 Å². The fraction of sp³-hybridized carbons (Fsp3) is 0.375. The quantitative estimate of drug-likeness (QED) is 0.939. The van der Waals surface area contributed by atoms with Crippen molar-refractivity contribution in [2.75, 3.05) is 13.1 Å². The molecular weight excluding hydrogens is 285 g/mol. The van der Waals surface area contributed by atoms with Gasteiger partial charge in [-0.2, -0.15) is 0 Å². The molecule has 2 aromatic rings. The number of nitrogens with zero attached hydrogens (tertiary/aromatic N) is 2. The number of hydrogen-bond donors (Lipinski definition) is 1. The summed E-state index contributed by atoms with van der Waals surface area (Å²) in [6.07, 6.45) is 3.16. The molecule has 0 radical (unpaired) electrons. The van der Waals surface area contributed by atoms with Crippen LogP contribution in [-0.2, 0) is 11.3 Å². The van der Waals surface area contributed by atoms with E-state index in [2.05, 4.69) is 9.88 Å². The van der Waals surface area contributed by atoms with E-state index in [1.165, 1.54) is 12.1 Å². The minimum absolute atomic E-state index is 0.0172. The molecule has 0 bridgehead atoms. The van der Waals surface area contributed by atoms with Gasteiger partial charge in [-0.1, -0.05) is 6.07 Å². The predicted molar refractivity (Wildman–Crippen MR) is 79.1 cm³/mol. The first-order valence-electron chi connectivity index (χ1n) is 7.34. The van der Waals surface area contributed by atoms with Crippen LogP contribution in [0.3, 0.4) is 0 Å². The summed E-state index contributed by atoms with van der Waals surface area (Å²) in [5.41, 5.74) is 6.76. The number of carbonyl (C=O) groups is 1. The highest BCUT2D eigenvalue weighted by Gasteiger charge is 2.23. The van der Waals surface area contributed by atoms with E-state index in [1.54, 1.807) is 18.4 Å². The van der Waals surface area contributed by atoms with Crippen molar-refractivity contribution in [1.29, 1.82) is 0 Å². The van der Waals surface area contributed by atoms with Gasteiger partial charge < -0.3 is 10.2 Å². The van der Waals surface area contributed by atoms with Gasteiger partial charge in [0.15, 0.2) is 0 Å². The van der Waals surface area contributed by atoms with Crippen molar-refractivity contribution in [3.8, 4) is 11.5 Å². The number of amides is 1. The fourth-order valence-electron chi connectivity index (χ4n) is 2.74. The summed E-state index contributed by atoms with van der Waals surface area (Å²) in [6, 6.07) is 6.17. The normalized spacial score (nSPS) is 16.8.